The highest BCUT2D eigenvalue weighted by Gasteiger charge is 2.31. The van der Waals surface area contributed by atoms with Crippen molar-refractivity contribution in [3.63, 3.8) is 0 Å². The Bertz CT molecular complexity index is 686. The van der Waals surface area contributed by atoms with Crippen molar-refractivity contribution in [1.82, 2.24) is 0 Å². The number of halogens is 4. The molecule has 2 nitrogen and oxygen atoms in total. The summed E-state index contributed by atoms with van der Waals surface area (Å²) in [7, 11) is 0. The Hall–Kier alpha value is -1.66. The molecule has 0 atom stereocenters. The van der Waals surface area contributed by atoms with E-state index in [0.717, 1.165) is 23.9 Å². The monoisotopic (exact) mass is 332 g/mol. The van der Waals surface area contributed by atoms with E-state index in [1.165, 1.54) is 0 Å². The van der Waals surface area contributed by atoms with Gasteiger partial charge in [0.15, 0.2) is 0 Å². The first-order valence-corrected chi connectivity index (χ1v) is 6.85. The number of aromatic carboxylic acids is 1. The number of benzene rings is 2. The molecule has 21 heavy (non-hydrogen) atoms. The number of alkyl halides is 3. The minimum Gasteiger partial charge on any atom is -0.478 e. The van der Waals surface area contributed by atoms with Crippen LogP contribution in [0.25, 0.3) is 0 Å². The van der Waals surface area contributed by atoms with E-state index in [2.05, 4.69) is 0 Å². The van der Waals surface area contributed by atoms with Crippen molar-refractivity contribution in [3.05, 3.63) is 58.6 Å². The van der Waals surface area contributed by atoms with Gasteiger partial charge in [-0.1, -0.05) is 35.5 Å². The van der Waals surface area contributed by atoms with Crippen LogP contribution in [-0.4, -0.2) is 11.1 Å². The summed E-state index contributed by atoms with van der Waals surface area (Å²) in [6.45, 7) is 0. The van der Waals surface area contributed by atoms with Crippen molar-refractivity contribution in [3.8, 4) is 0 Å². The molecule has 0 heterocycles. The Morgan fingerprint density at radius 2 is 1.76 bits per heavy atom. The summed E-state index contributed by atoms with van der Waals surface area (Å²) >= 11 is 6.97. The molecule has 0 aliphatic heterocycles. The summed E-state index contributed by atoms with van der Waals surface area (Å²) in [4.78, 5) is 11.9. The average Bonchev–Trinajstić information content (AvgIpc) is 2.40. The number of carbonyl (C=O) groups is 1. The summed E-state index contributed by atoms with van der Waals surface area (Å²) in [5.41, 5.74) is -1.40. The molecule has 2 aromatic rings. The van der Waals surface area contributed by atoms with Gasteiger partial charge < -0.3 is 5.11 Å². The first-order chi connectivity index (χ1) is 9.79. The van der Waals surface area contributed by atoms with Crippen molar-refractivity contribution in [2.45, 2.75) is 16.0 Å². The number of hydrogen-bond donors (Lipinski definition) is 1. The lowest BCUT2D eigenvalue weighted by Gasteiger charge is -2.11. The predicted octanol–water partition coefficient (Wildman–Crippen LogP) is 5.21. The molecular weight excluding hydrogens is 325 g/mol. The van der Waals surface area contributed by atoms with E-state index in [1.54, 1.807) is 24.3 Å². The van der Waals surface area contributed by atoms with Gasteiger partial charge >= 0.3 is 12.1 Å². The normalized spacial score (nSPS) is 11.4. The molecule has 0 bridgehead atoms. The summed E-state index contributed by atoms with van der Waals surface area (Å²) in [5, 5.41) is 9.49. The highest BCUT2D eigenvalue weighted by Crippen LogP contribution is 2.38. The summed E-state index contributed by atoms with van der Waals surface area (Å²) < 4.78 is 37.9. The minimum atomic E-state index is -4.59. The zero-order valence-corrected chi connectivity index (χ0v) is 11.9. The molecule has 2 aromatic carbocycles. The Morgan fingerprint density at radius 3 is 2.33 bits per heavy atom. The summed E-state index contributed by atoms with van der Waals surface area (Å²) in [6.07, 6.45) is -4.59. The van der Waals surface area contributed by atoms with Crippen LogP contribution in [0.15, 0.2) is 52.3 Å². The van der Waals surface area contributed by atoms with Crippen LogP contribution in [0.5, 0.6) is 0 Å². The van der Waals surface area contributed by atoms with Gasteiger partial charge in [0.2, 0.25) is 0 Å². The molecular formula is C14H8ClF3O2S. The Kier molecular flexibility index (Phi) is 4.49. The van der Waals surface area contributed by atoms with Crippen LogP contribution in [0.3, 0.4) is 0 Å². The van der Waals surface area contributed by atoms with E-state index in [1.807, 2.05) is 0 Å². The van der Waals surface area contributed by atoms with E-state index in [9.17, 15) is 18.0 Å². The predicted molar refractivity (Wildman–Crippen MR) is 74.0 cm³/mol. The molecule has 0 spiro atoms. The van der Waals surface area contributed by atoms with E-state index in [0.29, 0.717) is 16.0 Å². The highest BCUT2D eigenvalue weighted by atomic mass is 35.5. The molecule has 0 amide bonds. The Balaban J connectivity index is 2.45. The van der Waals surface area contributed by atoms with E-state index < -0.39 is 23.3 Å². The zero-order chi connectivity index (χ0) is 15.6. The Labute approximate surface area is 127 Å². The SMILES string of the molecule is O=C(O)c1cc(C(F)(F)F)ccc1Sc1ccccc1Cl. The van der Waals surface area contributed by atoms with Crippen LogP contribution >= 0.6 is 23.4 Å². The topological polar surface area (TPSA) is 37.3 Å². The van der Waals surface area contributed by atoms with Crippen molar-refractivity contribution >= 4 is 29.3 Å². The third kappa shape index (κ3) is 3.71. The van der Waals surface area contributed by atoms with Gasteiger partial charge in [0.25, 0.3) is 0 Å². The lowest BCUT2D eigenvalue weighted by atomic mass is 10.1. The van der Waals surface area contributed by atoms with E-state index >= 15 is 0 Å². The van der Waals surface area contributed by atoms with Gasteiger partial charge in [0, 0.05) is 9.79 Å². The maximum Gasteiger partial charge on any atom is 0.416 e. The van der Waals surface area contributed by atoms with Gasteiger partial charge in [0.05, 0.1) is 16.1 Å². The quantitative estimate of drug-likeness (QED) is 0.838. The molecule has 0 saturated carbocycles. The molecule has 0 aliphatic rings. The lowest BCUT2D eigenvalue weighted by molar-refractivity contribution is -0.137. The van der Waals surface area contributed by atoms with Crippen molar-refractivity contribution in [2.75, 3.05) is 0 Å². The molecule has 0 aliphatic carbocycles. The molecule has 110 valence electrons. The second kappa shape index (κ2) is 5.99. The van der Waals surface area contributed by atoms with Gasteiger partial charge in [-0.05, 0) is 30.3 Å². The molecule has 1 N–H and O–H groups in total. The lowest BCUT2D eigenvalue weighted by Crippen LogP contribution is -2.08. The first kappa shape index (κ1) is 15.7. The fourth-order valence-electron chi connectivity index (χ4n) is 1.61. The standard InChI is InChI=1S/C14H8ClF3O2S/c15-10-3-1-2-4-12(10)21-11-6-5-8(14(16,17)18)7-9(11)13(19)20/h1-7H,(H,19,20). The molecule has 0 saturated heterocycles. The second-order valence-corrected chi connectivity index (χ2v) is 5.54. The van der Waals surface area contributed by atoms with Crippen LogP contribution in [0.1, 0.15) is 15.9 Å². The third-order valence-electron chi connectivity index (χ3n) is 2.59. The molecule has 7 heteroatoms. The van der Waals surface area contributed by atoms with Crippen LogP contribution in [0, 0.1) is 0 Å². The maximum absolute atomic E-state index is 12.6. The second-order valence-electron chi connectivity index (χ2n) is 4.05. The molecule has 0 unspecified atom stereocenters. The largest absolute Gasteiger partial charge is 0.478 e. The summed E-state index contributed by atoms with van der Waals surface area (Å²) in [5.74, 6) is -1.42. The van der Waals surface area contributed by atoms with Gasteiger partial charge in [0.1, 0.15) is 0 Å². The van der Waals surface area contributed by atoms with Gasteiger partial charge in [-0.15, -0.1) is 0 Å². The highest BCUT2D eigenvalue weighted by molar-refractivity contribution is 7.99. The number of carboxylic acids is 1. The fourth-order valence-corrected chi connectivity index (χ4v) is 2.80. The van der Waals surface area contributed by atoms with Crippen LogP contribution in [-0.2, 0) is 6.18 Å². The Morgan fingerprint density at radius 1 is 1.10 bits per heavy atom. The first-order valence-electron chi connectivity index (χ1n) is 5.66. The van der Waals surface area contributed by atoms with Crippen molar-refractivity contribution < 1.29 is 23.1 Å². The van der Waals surface area contributed by atoms with Crippen LogP contribution < -0.4 is 0 Å². The molecule has 0 radical (unpaired) electrons. The zero-order valence-electron chi connectivity index (χ0n) is 10.3. The van der Waals surface area contributed by atoms with E-state index in [4.69, 9.17) is 16.7 Å². The van der Waals surface area contributed by atoms with Crippen LogP contribution in [0.2, 0.25) is 5.02 Å². The van der Waals surface area contributed by atoms with Gasteiger partial charge in [-0.25, -0.2) is 4.79 Å². The van der Waals surface area contributed by atoms with E-state index in [-0.39, 0.29) is 4.90 Å². The van der Waals surface area contributed by atoms with Gasteiger partial charge in [-0.3, -0.25) is 0 Å². The minimum absolute atomic E-state index is 0.198. The summed E-state index contributed by atoms with van der Waals surface area (Å²) in [6, 6.07) is 9.31. The molecule has 0 fully saturated rings. The number of carboxylic acid groups (broad SMARTS) is 1. The number of rotatable bonds is 3. The molecule has 0 aromatic heterocycles. The molecule has 2 rings (SSSR count). The smallest absolute Gasteiger partial charge is 0.416 e. The van der Waals surface area contributed by atoms with Crippen LogP contribution in [0.4, 0.5) is 13.2 Å². The van der Waals surface area contributed by atoms with Crippen molar-refractivity contribution in [1.29, 1.82) is 0 Å². The maximum atomic E-state index is 12.6. The third-order valence-corrected chi connectivity index (χ3v) is 4.19. The average molecular weight is 333 g/mol. The van der Waals surface area contributed by atoms with Crippen molar-refractivity contribution in [2.24, 2.45) is 0 Å². The van der Waals surface area contributed by atoms with Gasteiger partial charge in [-0.2, -0.15) is 13.2 Å². The number of hydrogen-bond acceptors (Lipinski definition) is 2. The fraction of sp³-hybridized carbons (Fsp3) is 0.0714.